The molecule has 0 radical (unpaired) electrons. The minimum atomic E-state index is 0.185. The van der Waals surface area contributed by atoms with Gasteiger partial charge < -0.3 is 14.3 Å². The van der Waals surface area contributed by atoms with Gasteiger partial charge in [0.05, 0.1) is 6.04 Å². The van der Waals surface area contributed by atoms with E-state index in [-0.39, 0.29) is 6.04 Å². The standard InChI is InChI=1S/C15H20N2O2/c1-10-7-8-14(18-10)11(2)16-9-13-12-5-3-4-6-15(12)19-17-13/h7-8,11,16H,3-6,9H2,1-2H3. The third-order valence-corrected chi connectivity index (χ3v) is 3.80. The lowest BCUT2D eigenvalue weighted by Gasteiger charge is -2.12. The summed E-state index contributed by atoms with van der Waals surface area (Å²) in [5, 5.41) is 7.65. The van der Waals surface area contributed by atoms with E-state index in [4.69, 9.17) is 8.94 Å². The van der Waals surface area contributed by atoms with Gasteiger partial charge in [0, 0.05) is 18.5 Å². The van der Waals surface area contributed by atoms with Crippen molar-refractivity contribution in [2.24, 2.45) is 0 Å². The number of nitrogens with zero attached hydrogens (tertiary/aromatic N) is 1. The molecule has 1 aliphatic rings. The molecule has 19 heavy (non-hydrogen) atoms. The van der Waals surface area contributed by atoms with E-state index >= 15 is 0 Å². The summed E-state index contributed by atoms with van der Waals surface area (Å²) in [7, 11) is 0. The largest absolute Gasteiger partial charge is 0.465 e. The van der Waals surface area contributed by atoms with Crippen LogP contribution in [-0.2, 0) is 19.4 Å². The van der Waals surface area contributed by atoms with Crippen molar-refractivity contribution in [3.05, 3.63) is 40.7 Å². The lowest BCUT2D eigenvalue weighted by molar-refractivity contribution is 0.363. The fourth-order valence-corrected chi connectivity index (χ4v) is 2.62. The first-order valence-corrected chi connectivity index (χ1v) is 7.00. The van der Waals surface area contributed by atoms with Crippen LogP contribution in [0.2, 0.25) is 0 Å². The van der Waals surface area contributed by atoms with Crippen LogP contribution in [0.3, 0.4) is 0 Å². The topological polar surface area (TPSA) is 51.2 Å². The molecular formula is C15H20N2O2. The highest BCUT2D eigenvalue weighted by Crippen LogP contribution is 2.24. The van der Waals surface area contributed by atoms with Gasteiger partial charge in [0.25, 0.3) is 0 Å². The number of rotatable bonds is 4. The van der Waals surface area contributed by atoms with E-state index in [1.54, 1.807) is 0 Å². The number of nitrogens with one attached hydrogen (secondary N) is 1. The summed E-state index contributed by atoms with van der Waals surface area (Å²) < 4.78 is 11.0. The van der Waals surface area contributed by atoms with Gasteiger partial charge in [-0.15, -0.1) is 0 Å². The second kappa shape index (κ2) is 5.21. The number of aromatic nitrogens is 1. The zero-order chi connectivity index (χ0) is 13.2. The molecule has 4 heteroatoms. The maximum atomic E-state index is 5.62. The third-order valence-electron chi connectivity index (χ3n) is 3.80. The van der Waals surface area contributed by atoms with Gasteiger partial charge in [-0.3, -0.25) is 0 Å². The van der Waals surface area contributed by atoms with E-state index in [2.05, 4.69) is 17.4 Å². The molecular weight excluding hydrogens is 240 g/mol. The lowest BCUT2D eigenvalue weighted by Crippen LogP contribution is -2.19. The Morgan fingerprint density at radius 1 is 1.32 bits per heavy atom. The van der Waals surface area contributed by atoms with E-state index in [0.29, 0.717) is 0 Å². The van der Waals surface area contributed by atoms with Crippen LogP contribution in [0.5, 0.6) is 0 Å². The van der Waals surface area contributed by atoms with Gasteiger partial charge in [-0.05, 0) is 45.2 Å². The fraction of sp³-hybridized carbons (Fsp3) is 0.533. The summed E-state index contributed by atoms with van der Waals surface area (Å²) in [6.07, 6.45) is 4.60. The molecule has 2 heterocycles. The van der Waals surface area contributed by atoms with Gasteiger partial charge >= 0.3 is 0 Å². The van der Waals surface area contributed by atoms with Gasteiger partial charge in [0.2, 0.25) is 0 Å². The van der Waals surface area contributed by atoms with Crippen LogP contribution >= 0.6 is 0 Å². The van der Waals surface area contributed by atoms with Crippen molar-refractivity contribution >= 4 is 0 Å². The first kappa shape index (κ1) is 12.5. The number of aryl methyl sites for hydroxylation is 2. The quantitative estimate of drug-likeness (QED) is 0.916. The third kappa shape index (κ3) is 2.59. The summed E-state index contributed by atoms with van der Waals surface area (Å²) in [6, 6.07) is 4.20. The van der Waals surface area contributed by atoms with Crippen LogP contribution in [0.1, 0.15) is 54.3 Å². The van der Waals surface area contributed by atoms with Gasteiger partial charge in [-0.1, -0.05) is 5.16 Å². The van der Waals surface area contributed by atoms with Crippen LogP contribution in [-0.4, -0.2) is 5.16 Å². The molecule has 2 aromatic rings. The number of furan rings is 1. The SMILES string of the molecule is Cc1ccc(C(C)NCc2noc3c2CCCC3)o1. The Morgan fingerprint density at radius 3 is 2.95 bits per heavy atom. The van der Waals surface area contributed by atoms with Crippen LogP contribution in [0.25, 0.3) is 0 Å². The average molecular weight is 260 g/mol. The summed E-state index contributed by atoms with van der Waals surface area (Å²) in [6.45, 7) is 4.80. The molecule has 1 atom stereocenters. The van der Waals surface area contributed by atoms with Crippen LogP contribution in [0.15, 0.2) is 21.1 Å². The average Bonchev–Trinajstić information content (AvgIpc) is 3.02. The normalized spacial score (nSPS) is 16.3. The Kier molecular flexibility index (Phi) is 3.42. The van der Waals surface area contributed by atoms with Crippen molar-refractivity contribution in [1.29, 1.82) is 0 Å². The summed E-state index contributed by atoms with van der Waals surface area (Å²) >= 11 is 0. The second-order valence-corrected chi connectivity index (χ2v) is 5.29. The molecule has 3 rings (SSSR count). The Morgan fingerprint density at radius 2 is 2.16 bits per heavy atom. The van der Waals surface area contributed by atoms with Crippen molar-refractivity contribution in [2.45, 2.75) is 52.1 Å². The highest BCUT2D eigenvalue weighted by Gasteiger charge is 2.19. The number of hydrogen-bond acceptors (Lipinski definition) is 4. The molecule has 0 aromatic carbocycles. The minimum absolute atomic E-state index is 0.185. The summed E-state index contributed by atoms with van der Waals surface area (Å²) in [5.41, 5.74) is 2.38. The number of hydrogen-bond donors (Lipinski definition) is 1. The summed E-state index contributed by atoms with van der Waals surface area (Å²) in [5.74, 6) is 3.00. The molecule has 0 fully saturated rings. The molecule has 1 aliphatic carbocycles. The predicted octanol–water partition coefficient (Wildman–Crippen LogP) is 3.31. The summed E-state index contributed by atoms with van der Waals surface area (Å²) in [4.78, 5) is 0. The van der Waals surface area contributed by atoms with Gasteiger partial charge in [-0.2, -0.15) is 0 Å². The zero-order valence-electron chi connectivity index (χ0n) is 11.5. The Bertz CT molecular complexity index is 556. The van der Waals surface area contributed by atoms with Crippen molar-refractivity contribution in [3.63, 3.8) is 0 Å². The Labute approximate surface area is 113 Å². The zero-order valence-corrected chi connectivity index (χ0v) is 11.5. The maximum Gasteiger partial charge on any atom is 0.140 e. The number of fused-ring (bicyclic) bond motifs is 1. The first-order chi connectivity index (χ1) is 9.24. The smallest absolute Gasteiger partial charge is 0.140 e. The molecule has 0 amide bonds. The van der Waals surface area contributed by atoms with Gasteiger partial charge in [0.1, 0.15) is 23.0 Å². The van der Waals surface area contributed by atoms with Gasteiger partial charge in [-0.25, -0.2) is 0 Å². The predicted molar refractivity (Wildman–Crippen MR) is 71.8 cm³/mol. The van der Waals surface area contributed by atoms with Crippen LogP contribution < -0.4 is 5.32 Å². The van der Waals surface area contributed by atoms with Crippen LogP contribution in [0.4, 0.5) is 0 Å². The molecule has 1 N–H and O–H groups in total. The molecule has 0 spiro atoms. The van der Waals surface area contributed by atoms with Crippen LogP contribution in [0, 0.1) is 6.92 Å². The molecule has 2 aromatic heterocycles. The maximum absolute atomic E-state index is 5.62. The van der Waals surface area contributed by atoms with E-state index < -0.39 is 0 Å². The molecule has 1 unspecified atom stereocenters. The molecule has 0 bridgehead atoms. The van der Waals surface area contributed by atoms with Crippen molar-refractivity contribution in [1.82, 2.24) is 10.5 Å². The van der Waals surface area contributed by atoms with E-state index in [0.717, 1.165) is 42.4 Å². The van der Waals surface area contributed by atoms with Gasteiger partial charge in [0.15, 0.2) is 0 Å². The van der Waals surface area contributed by atoms with Crippen molar-refractivity contribution < 1.29 is 8.94 Å². The van der Waals surface area contributed by atoms with E-state index in [1.807, 2.05) is 19.1 Å². The molecule has 0 aliphatic heterocycles. The molecule has 102 valence electrons. The monoisotopic (exact) mass is 260 g/mol. The fourth-order valence-electron chi connectivity index (χ4n) is 2.62. The molecule has 4 nitrogen and oxygen atoms in total. The van der Waals surface area contributed by atoms with E-state index in [1.165, 1.54) is 18.4 Å². The first-order valence-electron chi connectivity index (χ1n) is 7.00. The minimum Gasteiger partial charge on any atom is -0.465 e. The van der Waals surface area contributed by atoms with E-state index in [9.17, 15) is 0 Å². The Balaban J connectivity index is 1.64. The molecule has 0 saturated heterocycles. The Hall–Kier alpha value is -1.55. The second-order valence-electron chi connectivity index (χ2n) is 5.29. The highest BCUT2D eigenvalue weighted by atomic mass is 16.5. The van der Waals surface area contributed by atoms with Crippen molar-refractivity contribution in [3.8, 4) is 0 Å². The lowest BCUT2D eigenvalue weighted by atomic mass is 9.96. The molecule has 0 saturated carbocycles. The van der Waals surface area contributed by atoms with Crippen molar-refractivity contribution in [2.75, 3.05) is 0 Å². The highest BCUT2D eigenvalue weighted by molar-refractivity contribution is 5.25.